The summed E-state index contributed by atoms with van der Waals surface area (Å²) in [6.07, 6.45) is 0. The van der Waals surface area contributed by atoms with Crippen LogP contribution in [0.3, 0.4) is 0 Å². The molecule has 1 atom stereocenters. The zero-order valence-corrected chi connectivity index (χ0v) is 15.2. The topological polar surface area (TPSA) is 49.3 Å². The number of hydrogen-bond acceptors (Lipinski definition) is 3. The van der Waals surface area contributed by atoms with Crippen LogP contribution in [0.5, 0.6) is 5.75 Å². The number of aromatic hydroxyl groups is 1. The van der Waals surface area contributed by atoms with E-state index in [9.17, 15) is 9.90 Å². The molecule has 1 saturated heterocycles. The standard InChI is InChI=1S/C18H27NO2S/c1-16(2,3)18(17(4,5)6,14-15(21)19-11-22-14)12-7-9-13(20)10-8-12/h7-10,14,20H,11H2,1-6H3,(H,19,21). The SMILES string of the molecule is CC(C)(C)C(c1ccc(O)cc1)(C1SCNC1=O)C(C)(C)C. The van der Waals surface area contributed by atoms with Crippen LogP contribution in [-0.2, 0) is 10.2 Å². The van der Waals surface area contributed by atoms with E-state index in [0.29, 0.717) is 5.88 Å². The van der Waals surface area contributed by atoms with Crippen molar-refractivity contribution in [3.05, 3.63) is 29.8 Å². The third-order valence-corrected chi connectivity index (χ3v) is 6.03. The van der Waals surface area contributed by atoms with Crippen LogP contribution in [0.2, 0.25) is 0 Å². The first-order valence-corrected chi connectivity index (χ1v) is 8.75. The summed E-state index contributed by atoms with van der Waals surface area (Å²) in [5.41, 5.74) is 0.516. The molecule has 0 aliphatic carbocycles. The van der Waals surface area contributed by atoms with Crippen LogP contribution in [0.15, 0.2) is 24.3 Å². The molecule has 1 aromatic rings. The fraction of sp³-hybridized carbons (Fsp3) is 0.611. The van der Waals surface area contributed by atoms with Crippen molar-refractivity contribution in [2.45, 2.75) is 52.2 Å². The summed E-state index contributed by atoms with van der Waals surface area (Å²) in [5, 5.41) is 12.5. The predicted molar refractivity (Wildman–Crippen MR) is 93.1 cm³/mol. The van der Waals surface area contributed by atoms with Gasteiger partial charge in [-0.1, -0.05) is 53.7 Å². The first kappa shape index (κ1) is 17.2. The molecule has 1 aliphatic rings. The molecule has 3 nitrogen and oxygen atoms in total. The van der Waals surface area contributed by atoms with Crippen LogP contribution in [0.4, 0.5) is 0 Å². The number of carbonyl (C=O) groups is 1. The molecule has 2 N–H and O–H groups in total. The monoisotopic (exact) mass is 321 g/mol. The Hall–Kier alpha value is -1.16. The Balaban J connectivity index is 2.76. The van der Waals surface area contributed by atoms with Crippen LogP contribution in [0, 0.1) is 10.8 Å². The second-order valence-corrected chi connectivity index (χ2v) is 9.18. The summed E-state index contributed by atoms with van der Waals surface area (Å²) in [5.74, 6) is 1.03. The highest BCUT2D eigenvalue weighted by atomic mass is 32.2. The maximum absolute atomic E-state index is 12.6. The number of phenols is 1. The molecule has 1 amide bonds. The summed E-state index contributed by atoms with van der Waals surface area (Å²) in [6, 6.07) is 7.38. The van der Waals surface area contributed by atoms with Gasteiger partial charge in [-0.3, -0.25) is 4.79 Å². The predicted octanol–water partition coefficient (Wildman–Crippen LogP) is 3.91. The largest absolute Gasteiger partial charge is 0.508 e. The van der Waals surface area contributed by atoms with Crippen molar-refractivity contribution in [1.82, 2.24) is 5.32 Å². The molecule has 0 spiro atoms. The lowest BCUT2D eigenvalue weighted by Gasteiger charge is -2.56. The molecule has 122 valence electrons. The Morgan fingerprint density at radius 1 is 1.05 bits per heavy atom. The smallest absolute Gasteiger partial charge is 0.234 e. The highest BCUT2D eigenvalue weighted by molar-refractivity contribution is 8.01. The highest BCUT2D eigenvalue weighted by Crippen LogP contribution is 2.59. The third-order valence-electron chi connectivity index (χ3n) is 4.82. The lowest BCUT2D eigenvalue weighted by atomic mass is 9.49. The van der Waals surface area contributed by atoms with E-state index < -0.39 is 0 Å². The maximum Gasteiger partial charge on any atom is 0.234 e. The number of hydrogen-bond donors (Lipinski definition) is 2. The van der Waals surface area contributed by atoms with E-state index in [4.69, 9.17) is 0 Å². The molecule has 1 aliphatic heterocycles. The molecule has 4 heteroatoms. The number of phenolic OH excluding ortho intramolecular Hbond substituents is 1. The van der Waals surface area contributed by atoms with E-state index in [0.717, 1.165) is 5.56 Å². The van der Waals surface area contributed by atoms with Gasteiger partial charge in [0.15, 0.2) is 0 Å². The van der Waals surface area contributed by atoms with Gasteiger partial charge in [0, 0.05) is 5.41 Å². The van der Waals surface area contributed by atoms with Gasteiger partial charge in [0.1, 0.15) is 5.75 Å². The van der Waals surface area contributed by atoms with Gasteiger partial charge < -0.3 is 10.4 Å². The number of rotatable bonds is 2. The Bertz CT molecular complexity index is 538. The number of nitrogens with one attached hydrogen (secondary N) is 1. The summed E-state index contributed by atoms with van der Waals surface area (Å²) in [4.78, 5) is 12.6. The first-order valence-electron chi connectivity index (χ1n) is 7.70. The van der Waals surface area contributed by atoms with Crippen LogP contribution >= 0.6 is 11.8 Å². The molecule has 0 bridgehead atoms. The molecule has 22 heavy (non-hydrogen) atoms. The van der Waals surface area contributed by atoms with Crippen molar-refractivity contribution >= 4 is 17.7 Å². The van der Waals surface area contributed by atoms with Crippen molar-refractivity contribution in [1.29, 1.82) is 0 Å². The second-order valence-electron chi connectivity index (χ2n) is 8.09. The van der Waals surface area contributed by atoms with Crippen molar-refractivity contribution in [2.75, 3.05) is 5.88 Å². The normalized spacial score (nSPS) is 20.1. The second kappa shape index (κ2) is 5.48. The van der Waals surface area contributed by atoms with Crippen LogP contribution in [0.25, 0.3) is 0 Å². The zero-order valence-electron chi connectivity index (χ0n) is 14.4. The quantitative estimate of drug-likeness (QED) is 0.868. The molecule has 0 aromatic heterocycles. The van der Waals surface area contributed by atoms with Gasteiger partial charge in [0.25, 0.3) is 0 Å². The number of carbonyl (C=O) groups excluding carboxylic acids is 1. The Labute approximate surface area is 137 Å². The molecule has 0 radical (unpaired) electrons. The van der Waals surface area contributed by atoms with Gasteiger partial charge in [0.2, 0.25) is 5.91 Å². The fourth-order valence-corrected chi connectivity index (χ4v) is 6.06. The van der Waals surface area contributed by atoms with Gasteiger partial charge in [-0.05, 0) is 28.5 Å². The fourth-order valence-electron chi connectivity index (χ4n) is 4.34. The molecule has 1 heterocycles. The van der Waals surface area contributed by atoms with E-state index in [1.165, 1.54) is 0 Å². The highest BCUT2D eigenvalue weighted by Gasteiger charge is 2.59. The Morgan fingerprint density at radius 3 is 1.91 bits per heavy atom. The molecule has 0 saturated carbocycles. The summed E-state index contributed by atoms with van der Waals surface area (Å²) >= 11 is 1.69. The summed E-state index contributed by atoms with van der Waals surface area (Å²) < 4.78 is 0. The minimum atomic E-state index is -0.348. The minimum Gasteiger partial charge on any atom is -0.508 e. The number of amides is 1. The maximum atomic E-state index is 12.6. The van der Waals surface area contributed by atoms with E-state index in [2.05, 4.69) is 46.9 Å². The lowest BCUT2D eigenvalue weighted by Crippen LogP contribution is -2.59. The number of benzene rings is 1. The summed E-state index contributed by atoms with van der Waals surface area (Å²) in [6.45, 7) is 13.2. The van der Waals surface area contributed by atoms with Crippen LogP contribution in [0.1, 0.15) is 47.1 Å². The molecular weight excluding hydrogens is 294 g/mol. The van der Waals surface area contributed by atoms with E-state index in [-0.39, 0.29) is 33.2 Å². The average molecular weight is 321 g/mol. The number of thioether (sulfide) groups is 1. The summed E-state index contributed by atoms with van der Waals surface area (Å²) in [7, 11) is 0. The van der Waals surface area contributed by atoms with Crippen molar-refractivity contribution in [2.24, 2.45) is 10.8 Å². The van der Waals surface area contributed by atoms with Gasteiger partial charge >= 0.3 is 0 Å². The molecule has 2 rings (SSSR count). The van der Waals surface area contributed by atoms with E-state index >= 15 is 0 Å². The van der Waals surface area contributed by atoms with Crippen molar-refractivity contribution in [3.8, 4) is 5.75 Å². The molecule has 1 fully saturated rings. The molecular formula is C18H27NO2S. The van der Waals surface area contributed by atoms with Crippen LogP contribution < -0.4 is 5.32 Å². The Kier molecular flexibility index (Phi) is 4.29. The molecule has 1 aromatic carbocycles. The van der Waals surface area contributed by atoms with E-state index in [1.807, 2.05) is 12.1 Å². The van der Waals surface area contributed by atoms with Crippen molar-refractivity contribution < 1.29 is 9.90 Å². The first-order chi connectivity index (χ1) is 10.0. The van der Waals surface area contributed by atoms with Gasteiger partial charge in [-0.2, -0.15) is 0 Å². The minimum absolute atomic E-state index is 0.114. The van der Waals surface area contributed by atoms with E-state index in [1.54, 1.807) is 23.9 Å². The zero-order chi connectivity index (χ0) is 16.8. The van der Waals surface area contributed by atoms with Gasteiger partial charge in [-0.15, -0.1) is 11.8 Å². The lowest BCUT2D eigenvalue weighted by molar-refractivity contribution is -0.123. The third kappa shape index (κ3) is 2.51. The van der Waals surface area contributed by atoms with Crippen molar-refractivity contribution in [3.63, 3.8) is 0 Å². The van der Waals surface area contributed by atoms with Crippen LogP contribution in [-0.4, -0.2) is 22.1 Å². The average Bonchev–Trinajstić information content (AvgIpc) is 2.76. The van der Waals surface area contributed by atoms with Gasteiger partial charge in [-0.25, -0.2) is 0 Å². The van der Waals surface area contributed by atoms with Gasteiger partial charge in [0.05, 0.1) is 11.1 Å². The Morgan fingerprint density at radius 2 is 1.55 bits per heavy atom. The molecule has 1 unspecified atom stereocenters.